The standard InChI is InChI=1S/C27H34N4O3/c1-2-16-30-23-12-6-7-13-24(23)31(27(30)34)17-15-26(33)29-20-18-28(19-21-29)25(32)14-8-11-22-9-4-3-5-10-22/h3-7,9-10,12-13H,2,8,11,14-21H2,1H3. The quantitative estimate of drug-likeness (QED) is 0.490. The maximum atomic E-state index is 12.9. The second kappa shape index (κ2) is 11.2. The third-order valence-electron chi connectivity index (χ3n) is 6.61. The third-order valence-corrected chi connectivity index (χ3v) is 6.61. The molecule has 7 heteroatoms. The molecule has 2 aromatic carbocycles. The van der Waals surface area contributed by atoms with Crippen LogP contribution in [0.4, 0.5) is 0 Å². The Balaban J connectivity index is 1.26. The summed E-state index contributed by atoms with van der Waals surface area (Å²) in [5, 5.41) is 0. The SMILES string of the molecule is CCCn1c(=O)n(CCC(=O)N2CCN(C(=O)CCCc3ccccc3)CC2)c2ccccc21. The molecule has 0 atom stereocenters. The molecule has 1 aliphatic rings. The average molecular weight is 463 g/mol. The van der Waals surface area contributed by atoms with Crippen molar-refractivity contribution in [2.75, 3.05) is 26.2 Å². The number of nitrogens with zero attached hydrogens (tertiary/aromatic N) is 4. The summed E-state index contributed by atoms with van der Waals surface area (Å²) in [5.41, 5.74) is 2.99. The van der Waals surface area contributed by atoms with E-state index in [1.165, 1.54) is 5.56 Å². The van der Waals surface area contributed by atoms with E-state index in [4.69, 9.17) is 0 Å². The van der Waals surface area contributed by atoms with Crippen molar-refractivity contribution in [1.82, 2.24) is 18.9 Å². The van der Waals surface area contributed by atoms with E-state index < -0.39 is 0 Å². The maximum absolute atomic E-state index is 12.9. The molecule has 0 spiro atoms. The van der Waals surface area contributed by atoms with Crippen LogP contribution in [0, 0.1) is 0 Å². The van der Waals surface area contributed by atoms with E-state index in [1.807, 2.05) is 52.3 Å². The Morgan fingerprint density at radius 1 is 0.735 bits per heavy atom. The molecular formula is C27H34N4O3. The molecule has 3 aromatic rings. The summed E-state index contributed by atoms with van der Waals surface area (Å²) in [5.74, 6) is 0.203. The Kier molecular flexibility index (Phi) is 7.83. The van der Waals surface area contributed by atoms with Gasteiger partial charge in [0, 0.05) is 52.1 Å². The number of carbonyl (C=O) groups excluding carboxylic acids is 2. The van der Waals surface area contributed by atoms with Crippen LogP contribution < -0.4 is 5.69 Å². The molecule has 2 amide bonds. The van der Waals surface area contributed by atoms with Crippen LogP contribution in [0.15, 0.2) is 59.4 Å². The van der Waals surface area contributed by atoms with E-state index in [2.05, 4.69) is 19.1 Å². The number of fused-ring (bicyclic) bond motifs is 1. The molecule has 34 heavy (non-hydrogen) atoms. The lowest BCUT2D eigenvalue weighted by molar-refractivity contribution is -0.139. The van der Waals surface area contributed by atoms with Crippen LogP contribution in [-0.2, 0) is 29.1 Å². The second-order valence-electron chi connectivity index (χ2n) is 8.93. The Hall–Kier alpha value is -3.35. The number of para-hydroxylation sites is 2. The zero-order valence-corrected chi connectivity index (χ0v) is 20.0. The Labute approximate surface area is 200 Å². The molecule has 1 aliphatic heterocycles. The summed E-state index contributed by atoms with van der Waals surface area (Å²) in [7, 11) is 0. The zero-order valence-electron chi connectivity index (χ0n) is 20.0. The molecule has 2 heterocycles. The number of imidazole rings is 1. The maximum Gasteiger partial charge on any atom is 0.329 e. The third kappa shape index (κ3) is 5.41. The van der Waals surface area contributed by atoms with Crippen molar-refractivity contribution in [2.45, 2.75) is 52.1 Å². The largest absolute Gasteiger partial charge is 0.339 e. The van der Waals surface area contributed by atoms with Gasteiger partial charge in [0.2, 0.25) is 11.8 Å². The molecule has 0 unspecified atom stereocenters. The van der Waals surface area contributed by atoms with E-state index in [0.29, 0.717) is 45.7 Å². The predicted molar refractivity (Wildman–Crippen MR) is 134 cm³/mol. The van der Waals surface area contributed by atoms with Crippen molar-refractivity contribution in [3.05, 3.63) is 70.6 Å². The van der Waals surface area contributed by atoms with Gasteiger partial charge in [0.05, 0.1) is 11.0 Å². The molecule has 0 bridgehead atoms. The minimum atomic E-state index is -0.0539. The number of hydrogen-bond acceptors (Lipinski definition) is 3. The molecule has 180 valence electrons. The van der Waals surface area contributed by atoms with Crippen LogP contribution >= 0.6 is 0 Å². The smallest absolute Gasteiger partial charge is 0.329 e. The highest BCUT2D eigenvalue weighted by Crippen LogP contribution is 2.15. The van der Waals surface area contributed by atoms with Crippen LogP contribution in [0.1, 0.15) is 38.2 Å². The number of carbonyl (C=O) groups is 2. The summed E-state index contributed by atoms with van der Waals surface area (Å²) in [6.45, 7) is 5.34. The molecule has 1 fully saturated rings. The normalized spacial score (nSPS) is 14.0. The number of benzene rings is 2. The van der Waals surface area contributed by atoms with Crippen LogP contribution in [-0.4, -0.2) is 56.9 Å². The fourth-order valence-corrected chi connectivity index (χ4v) is 4.75. The summed E-state index contributed by atoms with van der Waals surface area (Å²) >= 11 is 0. The van der Waals surface area contributed by atoms with Gasteiger partial charge in [-0.25, -0.2) is 4.79 Å². The van der Waals surface area contributed by atoms with Gasteiger partial charge in [0.1, 0.15) is 0 Å². The number of aryl methyl sites for hydroxylation is 3. The molecule has 0 N–H and O–H groups in total. The fraction of sp³-hybridized carbons (Fsp3) is 0.444. The number of amides is 2. The minimum absolute atomic E-state index is 0.0374. The van der Waals surface area contributed by atoms with Crippen LogP contribution in [0.2, 0.25) is 0 Å². The van der Waals surface area contributed by atoms with E-state index in [9.17, 15) is 14.4 Å². The van der Waals surface area contributed by atoms with Gasteiger partial charge >= 0.3 is 5.69 Å². The van der Waals surface area contributed by atoms with Crippen molar-refractivity contribution < 1.29 is 9.59 Å². The fourth-order valence-electron chi connectivity index (χ4n) is 4.75. The van der Waals surface area contributed by atoms with E-state index in [-0.39, 0.29) is 23.9 Å². The van der Waals surface area contributed by atoms with Crippen LogP contribution in [0.3, 0.4) is 0 Å². The number of aromatic nitrogens is 2. The molecule has 0 aliphatic carbocycles. The molecular weight excluding hydrogens is 428 g/mol. The van der Waals surface area contributed by atoms with Gasteiger partial charge in [0.25, 0.3) is 0 Å². The first kappa shape index (κ1) is 23.8. The van der Waals surface area contributed by atoms with Crippen molar-refractivity contribution in [3.63, 3.8) is 0 Å². The van der Waals surface area contributed by atoms with Gasteiger partial charge in [-0.15, -0.1) is 0 Å². The number of rotatable bonds is 9. The second-order valence-corrected chi connectivity index (χ2v) is 8.93. The van der Waals surface area contributed by atoms with Crippen LogP contribution in [0.5, 0.6) is 0 Å². The molecule has 1 saturated heterocycles. The summed E-state index contributed by atoms with van der Waals surface area (Å²) in [6, 6.07) is 18.0. The highest BCUT2D eigenvalue weighted by atomic mass is 16.2. The first-order valence-electron chi connectivity index (χ1n) is 12.4. The Morgan fingerprint density at radius 2 is 1.26 bits per heavy atom. The van der Waals surface area contributed by atoms with Gasteiger partial charge in [0.15, 0.2) is 0 Å². The van der Waals surface area contributed by atoms with Crippen molar-refractivity contribution in [3.8, 4) is 0 Å². The summed E-state index contributed by atoms with van der Waals surface area (Å²) in [6.07, 6.45) is 3.43. The highest BCUT2D eigenvalue weighted by Gasteiger charge is 2.24. The van der Waals surface area contributed by atoms with Gasteiger partial charge < -0.3 is 9.80 Å². The lowest BCUT2D eigenvalue weighted by Crippen LogP contribution is -2.50. The topological polar surface area (TPSA) is 67.6 Å². The lowest BCUT2D eigenvalue weighted by atomic mass is 10.1. The summed E-state index contributed by atoms with van der Waals surface area (Å²) in [4.78, 5) is 42.0. The summed E-state index contributed by atoms with van der Waals surface area (Å²) < 4.78 is 3.51. The van der Waals surface area contributed by atoms with E-state index >= 15 is 0 Å². The van der Waals surface area contributed by atoms with Crippen molar-refractivity contribution >= 4 is 22.8 Å². The first-order chi connectivity index (χ1) is 16.6. The van der Waals surface area contributed by atoms with Gasteiger partial charge in [-0.3, -0.25) is 18.7 Å². The first-order valence-corrected chi connectivity index (χ1v) is 12.4. The van der Waals surface area contributed by atoms with E-state index in [1.54, 1.807) is 9.13 Å². The van der Waals surface area contributed by atoms with E-state index in [0.717, 1.165) is 30.3 Å². The average Bonchev–Trinajstić information content (AvgIpc) is 3.14. The highest BCUT2D eigenvalue weighted by molar-refractivity contribution is 5.79. The molecule has 4 rings (SSSR count). The van der Waals surface area contributed by atoms with Gasteiger partial charge in [-0.1, -0.05) is 49.4 Å². The number of hydrogen-bond donors (Lipinski definition) is 0. The van der Waals surface area contributed by atoms with Crippen molar-refractivity contribution in [1.29, 1.82) is 0 Å². The molecule has 7 nitrogen and oxygen atoms in total. The van der Waals surface area contributed by atoms with Crippen molar-refractivity contribution in [2.24, 2.45) is 0 Å². The lowest BCUT2D eigenvalue weighted by Gasteiger charge is -2.35. The Bertz CT molecular complexity index is 1170. The van der Waals surface area contributed by atoms with Crippen LogP contribution in [0.25, 0.3) is 11.0 Å². The Morgan fingerprint density at radius 3 is 1.85 bits per heavy atom. The monoisotopic (exact) mass is 462 g/mol. The predicted octanol–water partition coefficient (Wildman–Crippen LogP) is 3.30. The number of piperazine rings is 1. The minimum Gasteiger partial charge on any atom is -0.339 e. The zero-order chi connectivity index (χ0) is 23.9. The molecule has 1 aromatic heterocycles. The van der Waals surface area contributed by atoms with Gasteiger partial charge in [-0.05, 0) is 37.0 Å². The molecule has 0 saturated carbocycles. The van der Waals surface area contributed by atoms with Gasteiger partial charge in [-0.2, -0.15) is 0 Å². The molecule has 0 radical (unpaired) electrons.